The van der Waals surface area contributed by atoms with Crippen LogP contribution in [0.15, 0.2) is 109 Å². The molecule has 0 aliphatic rings. The number of nitrogens with one attached hydrogen (secondary N) is 1. The van der Waals surface area contributed by atoms with Gasteiger partial charge in [0.2, 0.25) is 5.91 Å². The zero-order valence-corrected chi connectivity index (χ0v) is 53.6. The Bertz CT molecular complexity index is 1670. The molecule has 0 aliphatic heterocycles. The first kappa shape index (κ1) is 77.2. The third-order valence-corrected chi connectivity index (χ3v) is 15.4. The molecule has 80 heavy (non-hydrogen) atoms. The zero-order valence-electron chi connectivity index (χ0n) is 52.7. The van der Waals surface area contributed by atoms with Gasteiger partial charge in [-0.3, -0.25) is 9.36 Å². The molecule has 8 nitrogen and oxygen atoms in total. The van der Waals surface area contributed by atoms with Crippen molar-refractivity contribution >= 4 is 13.7 Å². The predicted molar refractivity (Wildman–Crippen MR) is 348 cm³/mol. The molecule has 0 saturated heterocycles. The molecule has 0 bridgehead atoms. The molecule has 462 valence electrons. The predicted octanol–water partition coefficient (Wildman–Crippen LogP) is 20.5. The van der Waals surface area contributed by atoms with E-state index in [1.54, 1.807) is 6.08 Å². The highest BCUT2D eigenvalue weighted by Gasteiger charge is 2.23. The number of aliphatic hydroxyl groups is 1. The molecule has 0 aliphatic carbocycles. The van der Waals surface area contributed by atoms with E-state index in [1.807, 2.05) is 27.2 Å². The average molecular weight is 1140 g/mol. The van der Waals surface area contributed by atoms with E-state index in [9.17, 15) is 19.4 Å². The van der Waals surface area contributed by atoms with Gasteiger partial charge < -0.3 is 28.8 Å². The zero-order chi connectivity index (χ0) is 58.4. The first-order chi connectivity index (χ1) is 39.0. The van der Waals surface area contributed by atoms with Crippen molar-refractivity contribution in [1.29, 1.82) is 0 Å². The summed E-state index contributed by atoms with van der Waals surface area (Å²) in [5.41, 5.74) is 0. The number of quaternary nitrogens is 1. The van der Waals surface area contributed by atoms with E-state index in [0.717, 1.165) is 83.5 Å². The van der Waals surface area contributed by atoms with E-state index < -0.39 is 26.6 Å². The Balaban J connectivity index is 4.18. The highest BCUT2D eigenvalue weighted by atomic mass is 31.2. The fourth-order valence-electron chi connectivity index (χ4n) is 9.31. The van der Waals surface area contributed by atoms with Crippen LogP contribution in [0.3, 0.4) is 0 Å². The van der Waals surface area contributed by atoms with E-state index in [2.05, 4.69) is 116 Å². The first-order valence-electron chi connectivity index (χ1n) is 33.2. The highest BCUT2D eigenvalue weighted by molar-refractivity contribution is 7.45. The number of phosphoric acid groups is 1. The second-order valence-electron chi connectivity index (χ2n) is 23.4. The van der Waals surface area contributed by atoms with Gasteiger partial charge in [-0.2, -0.15) is 0 Å². The number of likely N-dealkylation sites (N-methyl/N-ethyl adjacent to an activating group) is 1. The van der Waals surface area contributed by atoms with Gasteiger partial charge >= 0.3 is 0 Å². The molecular weight excluding hydrogens is 1010 g/mol. The summed E-state index contributed by atoms with van der Waals surface area (Å²) >= 11 is 0. The molecule has 1 amide bonds. The van der Waals surface area contributed by atoms with Crippen molar-refractivity contribution in [1.82, 2.24) is 5.32 Å². The maximum atomic E-state index is 13.0. The average Bonchev–Trinajstić information content (AvgIpc) is 3.42. The van der Waals surface area contributed by atoms with Gasteiger partial charge in [-0.05, 0) is 96.3 Å². The Morgan fingerprint density at radius 3 is 1.16 bits per heavy atom. The summed E-state index contributed by atoms with van der Waals surface area (Å²) in [6.45, 7) is 4.52. The Hall–Kier alpha value is -2.84. The number of hydrogen-bond acceptors (Lipinski definition) is 6. The second kappa shape index (κ2) is 60.7. The fourth-order valence-corrected chi connectivity index (χ4v) is 10.0. The van der Waals surface area contributed by atoms with Crippen LogP contribution in [-0.4, -0.2) is 68.5 Å². The van der Waals surface area contributed by atoms with Crippen molar-refractivity contribution in [3.8, 4) is 0 Å². The largest absolute Gasteiger partial charge is 0.756 e. The molecule has 3 unspecified atom stereocenters. The van der Waals surface area contributed by atoms with Crippen LogP contribution in [0.25, 0.3) is 0 Å². The molecular formula is C71H127N2O6P. The molecule has 0 aromatic heterocycles. The van der Waals surface area contributed by atoms with Crippen molar-refractivity contribution in [2.45, 2.75) is 296 Å². The number of nitrogens with zero attached hydrogens (tertiary/aromatic N) is 1. The van der Waals surface area contributed by atoms with Gasteiger partial charge in [0, 0.05) is 6.42 Å². The summed E-state index contributed by atoms with van der Waals surface area (Å²) < 4.78 is 23.4. The van der Waals surface area contributed by atoms with Crippen molar-refractivity contribution < 1.29 is 32.9 Å². The van der Waals surface area contributed by atoms with Crippen LogP contribution in [-0.2, 0) is 18.4 Å². The van der Waals surface area contributed by atoms with E-state index in [4.69, 9.17) is 9.05 Å². The molecule has 3 atom stereocenters. The Morgan fingerprint density at radius 2 is 0.775 bits per heavy atom. The molecule has 0 aromatic carbocycles. The summed E-state index contributed by atoms with van der Waals surface area (Å²) in [6, 6.07) is -0.918. The fraction of sp³-hybridized carbons (Fsp3) is 0.732. The van der Waals surface area contributed by atoms with Gasteiger partial charge in [0.25, 0.3) is 7.82 Å². The molecule has 2 N–H and O–H groups in total. The molecule has 0 aromatic rings. The van der Waals surface area contributed by atoms with Crippen LogP contribution >= 0.6 is 7.82 Å². The lowest BCUT2D eigenvalue weighted by atomic mass is 10.0. The third-order valence-electron chi connectivity index (χ3n) is 14.4. The Morgan fingerprint density at radius 1 is 0.450 bits per heavy atom. The van der Waals surface area contributed by atoms with E-state index in [-0.39, 0.29) is 12.5 Å². The number of rotatable bonds is 60. The monoisotopic (exact) mass is 1130 g/mol. The van der Waals surface area contributed by atoms with Crippen LogP contribution in [0, 0.1) is 0 Å². The van der Waals surface area contributed by atoms with Gasteiger partial charge in [-0.1, -0.05) is 290 Å². The van der Waals surface area contributed by atoms with Gasteiger partial charge in [0.05, 0.1) is 39.9 Å². The topological polar surface area (TPSA) is 108 Å². The van der Waals surface area contributed by atoms with Crippen molar-refractivity contribution in [3.63, 3.8) is 0 Å². The molecule has 0 radical (unpaired) electrons. The van der Waals surface area contributed by atoms with Crippen LogP contribution in [0.1, 0.15) is 284 Å². The number of carbonyl (C=O) groups is 1. The summed E-state index contributed by atoms with van der Waals surface area (Å²) in [6.07, 6.45) is 89.1. The molecule has 0 rings (SSSR count). The van der Waals surface area contributed by atoms with E-state index in [1.165, 1.54) is 180 Å². The van der Waals surface area contributed by atoms with E-state index in [0.29, 0.717) is 17.4 Å². The summed E-state index contributed by atoms with van der Waals surface area (Å²) in [7, 11) is 1.23. The number of allylic oxidation sites excluding steroid dienone is 17. The van der Waals surface area contributed by atoms with Gasteiger partial charge in [-0.25, -0.2) is 0 Å². The lowest BCUT2D eigenvalue weighted by Crippen LogP contribution is -2.45. The quantitative estimate of drug-likeness (QED) is 0.0272. The van der Waals surface area contributed by atoms with Gasteiger partial charge in [0.1, 0.15) is 13.2 Å². The molecule has 0 heterocycles. The number of carbonyl (C=O) groups excluding carboxylic acids is 1. The normalized spacial score (nSPS) is 14.4. The number of phosphoric ester groups is 1. The highest BCUT2D eigenvalue weighted by Crippen LogP contribution is 2.38. The second-order valence-corrected chi connectivity index (χ2v) is 24.8. The van der Waals surface area contributed by atoms with Crippen LogP contribution in [0.2, 0.25) is 0 Å². The van der Waals surface area contributed by atoms with Gasteiger partial charge in [-0.15, -0.1) is 0 Å². The smallest absolute Gasteiger partial charge is 0.268 e. The van der Waals surface area contributed by atoms with Crippen LogP contribution in [0.4, 0.5) is 0 Å². The maximum absolute atomic E-state index is 13.0. The summed E-state index contributed by atoms with van der Waals surface area (Å²) in [5.74, 6) is -0.214. The minimum atomic E-state index is -4.62. The number of amides is 1. The Labute approximate surface area is 495 Å². The van der Waals surface area contributed by atoms with Crippen molar-refractivity contribution in [2.75, 3.05) is 40.9 Å². The summed E-state index contributed by atoms with van der Waals surface area (Å²) in [4.78, 5) is 25.6. The van der Waals surface area contributed by atoms with Crippen molar-refractivity contribution in [2.24, 2.45) is 0 Å². The first-order valence-corrected chi connectivity index (χ1v) is 34.7. The lowest BCUT2D eigenvalue weighted by Gasteiger charge is -2.29. The van der Waals surface area contributed by atoms with Gasteiger partial charge in [0.15, 0.2) is 0 Å². The minimum absolute atomic E-state index is 0.0130. The minimum Gasteiger partial charge on any atom is -0.756 e. The van der Waals surface area contributed by atoms with Crippen LogP contribution < -0.4 is 10.2 Å². The lowest BCUT2D eigenvalue weighted by molar-refractivity contribution is -0.870. The SMILES string of the molecule is CC/C=C\C/C=C\C/C=C\C/C=C\C/C=C\C/C=C\CCCCCCCCCCCCCCCCC(=O)NC(COP(=O)([O-])OCC[N+](C)(C)C)C(O)/C=C/CC/C=C/CC/C=C/CCCCCCCCCCCCCCCCC. The summed E-state index contributed by atoms with van der Waals surface area (Å²) in [5, 5.41) is 13.9. The molecule has 0 fully saturated rings. The molecule has 9 heteroatoms. The maximum Gasteiger partial charge on any atom is 0.268 e. The third kappa shape index (κ3) is 62.8. The van der Waals surface area contributed by atoms with Crippen LogP contribution in [0.5, 0.6) is 0 Å². The number of unbranched alkanes of at least 4 members (excludes halogenated alkanes) is 31. The molecule has 0 saturated carbocycles. The number of aliphatic hydroxyl groups excluding tert-OH is 1. The molecule has 0 spiro atoms. The number of hydrogen-bond donors (Lipinski definition) is 2. The Kier molecular flexibility index (Phi) is 58.6. The standard InChI is InChI=1S/C71H127N2O6P/c1-6-8-10-12-14-16-18-20-22-24-26-28-30-32-33-34-35-36-37-38-39-41-43-45-47-49-51-53-55-57-59-61-63-65-71(75)72-69(68-79-80(76,77)78-67-66-73(3,4)5)70(74)64-62-60-58-56-54-52-50-48-46-44-42-40-31-29-27-25-23-21-19-17-15-13-11-9-7-2/h8,10,14,16,20,22,26,28,32-33,35-36,46,48,54,56,62,64,69-70,74H,6-7,9,11-13,15,17-19,21,23-25,27,29-31,34,37-45,47,49-53,55,57-61,63,65-68H2,1-5H3,(H-,72,75,76,77)/b10-8-,16-14-,22-20-,28-26-,33-32-,36-35-,48-46+,56-54+,64-62+. The van der Waals surface area contributed by atoms with E-state index >= 15 is 0 Å². The van der Waals surface area contributed by atoms with Crippen molar-refractivity contribution in [3.05, 3.63) is 109 Å².